The number of ether oxygens (including phenoxy) is 1. The smallest absolute Gasteiger partial charge is 0.185 e. The molecule has 0 radical (unpaired) electrons. The molecule has 4 nitrogen and oxygen atoms in total. The second kappa shape index (κ2) is 7.22. The predicted molar refractivity (Wildman–Crippen MR) is 80.9 cm³/mol. The van der Waals surface area contributed by atoms with Crippen molar-refractivity contribution in [3.05, 3.63) is 11.1 Å². The normalized spacial score (nSPS) is 17.1. The maximum absolute atomic E-state index is 5.41. The van der Waals surface area contributed by atoms with Crippen molar-refractivity contribution in [2.24, 2.45) is 5.92 Å². The molecule has 0 saturated carbocycles. The van der Waals surface area contributed by atoms with Gasteiger partial charge in [-0.3, -0.25) is 0 Å². The summed E-state index contributed by atoms with van der Waals surface area (Å²) in [6.07, 6.45) is 2.36. The second-order valence-corrected chi connectivity index (χ2v) is 6.43. The van der Waals surface area contributed by atoms with Crippen molar-refractivity contribution >= 4 is 16.5 Å². The van der Waals surface area contributed by atoms with Gasteiger partial charge in [0, 0.05) is 44.8 Å². The number of hydrogen-bond donors (Lipinski definition) is 1. The molecular formula is C14H25N3OS. The summed E-state index contributed by atoms with van der Waals surface area (Å²) in [5, 5.41) is 6.69. The summed E-state index contributed by atoms with van der Waals surface area (Å²) >= 11 is 1.74. The number of anilines is 1. The molecule has 0 atom stereocenters. The monoisotopic (exact) mass is 283 g/mol. The van der Waals surface area contributed by atoms with Crippen LogP contribution in [-0.2, 0) is 11.3 Å². The van der Waals surface area contributed by atoms with Crippen LogP contribution in [0.1, 0.15) is 32.4 Å². The van der Waals surface area contributed by atoms with Crippen LogP contribution in [0.5, 0.6) is 0 Å². The highest BCUT2D eigenvalue weighted by molar-refractivity contribution is 7.13. The largest absolute Gasteiger partial charge is 0.381 e. The summed E-state index contributed by atoms with van der Waals surface area (Å²) in [5.41, 5.74) is 1.15. The zero-order chi connectivity index (χ0) is 13.7. The Kier molecular flexibility index (Phi) is 5.60. The van der Waals surface area contributed by atoms with Crippen LogP contribution in [0.15, 0.2) is 5.38 Å². The van der Waals surface area contributed by atoms with Crippen molar-refractivity contribution in [2.45, 2.75) is 39.3 Å². The van der Waals surface area contributed by atoms with Crippen molar-refractivity contribution in [3.8, 4) is 0 Å². The van der Waals surface area contributed by atoms with Gasteiger partial charge in [-0.15, -0.1) is 11.3 Å². The number of nitrogens with zero attached hydrogens (tertiary/aromatic N) is 2. The topological polar surface area (TPSA) is 37.4 Å². The first-order valence-electron chi connectivity index (χ1n) is 7.12. The molecule has 19 heavy (non-hydrogen) atoms. The van der Waals surface area contributed by atoms with Crippen LogP contribution in [0.4, 0.5) is 5.13 Å². The van der Waals surface area contributed by atoms with Gasteiger partial charge in [0.15, 0.2) is 5.13 Å². The molecule has 2 heterocycles. The Bertz CT molecular complexity index is 375. The quantitative estimate of drug-likeness (QED) is 0.870. The molecule has 0 aromatic carbocycles. The first-order valence-corrected chi connectivity index (χ1v) is 7.99. The second-order valence-electron chi connectivity index (χ2n) is 5.59. The van der Waals surface area contributed by atoms with E-state index in [-0.39, 0.29) is 0 Å². The van der Waals surface area contributed by atoms with E-state index >= 15 is 0 Å². The van der Waals surface area contributed by atoms with Crippen molar-refractivity contribution in [1.82, 2.24) is 10.3 Å². The minimum atomic E-state index is 0.505. The third-order valence-corrected chi connectivity index (χ3v) is 4.43. The molecule has 2 rings (SSSR count). The SMILES string of the molecule is CC(C)NCc1csc(N(C)CC2CCOCC2)n1. The van der Waals surface area contributed by atoms with E-state index in [1.165, 1.54) is 12.8 Å². The summed E-state index contributed by atoms with van der Waals surface area (Å²) in [5.74, 6) is 0.750. The number of thiazole rings is 1. The number of hydrogen-bond acceptors (Lipinski definition) is 5. The number of nitrogens with one attached hydrogen (secondary N) is 1. The Morgan fingerprint density at radius 2 is 2.21 bits per heavy atom. The van der Waals surface area contributed by atoms with Gasteiger partial charge in [-0.25, -0.2) is 4.98 Å². The molecule has 1 aliphatic rings. The highest BCUT2D eigenvalue weighted by atomic mass is 32.1. The molecule has 1 saturated heterocycles. The highest BCUT2D eigenvalue weighted by Gasteiger charge is 2.17. The van der Waals surface area contributed by atoms with Gasteiger partial charge in [-0.05, 0) is 18.8 Å². The molecule has 0 spiro atoms. The summed E-state index contributed by atoms with van der Waals surface area (Å²) in [6, 6.07) is 0.505. The molecule has 1 aliphatic heterocycles. The molecule has 1 aromatic rings. The van der Waals surface area contributed by atoms with Crippen molar-refractivity contribution < 1.29 is 4.74 Å². The van der Waals surface area contributed by atoms with Crippen molar-refractivity contribution in [1.29, 1.82) is 0 Å². The van der Waals surface area contributed by atoms with E-state index in [4.69, 9.17) is 9.72 Å². The van der Waals surface area contributed by atoms with E-state index < -0.39 is 0 Å². The molecule has 1 fully saturated rings. The molecule has 108 valence electrons. The molecule has 1 N–H and O–H groups in total. The first-order chi connectivity index (χ1) is 9.15. The summed E-state index contributed by atoms with van der Waals surface area (Å²) < 4.78 is 5.41. The molecule has 0 unspecified atom stereocenters. The molecule has 0 aliphatic carbocycles. The predicted octanol–water partition coefficient (Wildman–Crippen LogP) is 2.50. The molecule has 0 bridgehead atoms. The fraction of sp³-hybridized carbons (Fsp3) is 0.786. The minimum Gasteiger partial charge on any atom is -0.381 e. The molecular weight excluding hydrogens is 258 g/mol. The molecule has 0 amide bonds. The minimum absolute atomic E-state index is 0.505. The fourth-order valence-electron chi connectivity index (χ4n) is 2.26. The Labute approximate surface area is 120 Å². The van der Waals surface area contributed by atoms with Gasteiger partial charge in [0.25, 0.3) is 0 Å². The van der Waals surface area contributed by atoms with E-state index in [0.29, 0.717) is 6.04 Å². The van der Waals surface area contributed by atoms with E-state index in [1.54, 1.807) is 11.3 Å². The van der Waals surface area contributed by atoms with Crippen molar-refractivity contribution in [2.75, 3.05) is 31.7 Å². The summed E-state index contributed by atoms with van der Waals surface area (Å²) in [4.78, 5) is 6.99. The third-order valence-electron chi connectivity index (χ3n) is 3.43. The van der Waals surface area contributed by atoms with Gasteiger partial charge in [-0.2, -0.15) is 0 Å². The van der Waals surface area contributed by atoms with Gasteiger partial charge in [-0.1, -0.05) is 13.8 Å². The van der Waals surface area contributed by atoms with Crippen LogP contribution in [0.3, 0.4) is 0 Å². The lowest BCUT2D eigenvalue weighted by Crippen LogP contribution is -2.29. The zero-order valence-electron chi connectivity index (χ0n) is 12.2. The van der Waals surface area contributed by atoms with E-state index in [1.807, 2.05) is 0 Å². The summed E-state index contributed by atoms with van der Waals surface area (Å²) in [7, 11) is 2.15. The van der Waals surface area contributed by atoms with Gasteiger partial charge in [0.05, 0.1) is 5.69 Å². The van der Waals surface area contributed by atoms with Gasteiger partial charge < -0.3 is 15.0 Å². The van der Waals surface area contributed by atoms with Crippen molar-refractivity contribution in [3.63, 3.8) is 0 Å². The fourth-order valence-corrected chi connectivity index (χ4v) is 3.06. The average molecular weight is 283 g/mol. The average Bonchev–Trinajstić information content (AvgIpc) is 2.86. The lowest BCUT2D eigenvalue weighted by atomic mass is 10.0. The lowest BCUT2D eigenvalue weighted by Gasteiger charge is -2.26. The maximum Gasteiger partial charge on any atom is 0.185 e. The Hall–Kier alpha value is -0.650. The summed E-state index contributed by atoms with van der Waals surface area (Å²) in [6.45, 7) is 8.10. The third kappa shape index (κ3) is 4.75. The number of aromatic nitrogens is 1. The van der Waals surface area contributed by atoms with Crippen LogP contribution in [0, 0.1) is 5.92 Å². The number of rotatable bonds is 6. The molecule has 5 heteroatoms. The van der Waals surface area contributed by atoms with Crippen LogP contribution in [0.2, 0.25) is 0 Å². The van der Waals surface area contributed by atoms with E-state index in [0.717, 1.165) is 43.0 Å². The van der Waals surface area contributed by atoms with Crippen LogP contribution >= 0.6 is 11.3 Å². The Morgan fingerprint density at radius 1 is 1.47 bits per heavy atom. The lowest BCUT2D eigenvalue weighted by molar-refractivity contribution is 0.0685. The molecule has 1 aromatic heterocycles. The first kappa shape index (κ1) is 14.8. The Morgan fingerprint density at radius 3 is 2.89 bits per heavy atom. The van der Waals surface area contributed by atoms with Crippen LogP contribution in [-0.4, -0.2) is 37.8 Å². The van der Waals surface area contributed by atoms with Gasteiger partial charge in [0.2, 0.25) is 0 Å². The van der Waals surface area contributed by atoms with Gasteiger partial charge in [0.1, 0.15) is 0 Å². The van der Waals surface area contributed by atoms with Crippen LogP contribution in [0.25, 0.3) is 0 Å². The van der Waals surface area contributed by atoms with Gasteiger partial charge >= 0.3 is 0 Å². The van der Waals surface area contributed by atoms with E-state index in [9.17, 15) is 0 Å². The Balaban J connectivity index is 1.82. The van der Waals surface area contributed by atoms with E-state index in [2.05, 4.69) is 36.5 Å². The zero-order valence-corrected chi connectivity index (χ0v) is 13.0. The standard InChI is InChI=1S/C14H25N3OS/c1-11(2)15-8-13-10-19-14(16-13)17(3)9-12-4-6-18-7-5-12/h10-12,15H,4-9H2,1-3H3. The highest BCUT2D eigenvalue weighted by Crippen LogP contribution is 2.23. The maximum atomic E-state index is 5.41. The van der Waals surface area contributed by atoms with Crippen LogP contribution < -0.4 is 10.2 Å².